The molecule has 0 N–H and O–H groups in total. The van der Waals surface area contributed by atoms with E-state index >= 15 is 0 Å². The lowest BCUT2D eigenvalue weighted by Gasteiger charge is -2.53. The maximum atomic E-state index is 2.43. The van der Waals surface area contributed by atoms with Crippen molar-refractivity contribution in [3.8, 4) is 0 Å². The van der Waals surface area contributed by atoms with E-state index < -0.39 is 0 Å². The molecule has 0 amide bonds. The Hall–Kier alpha value is 0.180. The van der Waals surface area contributed by atoms with E-state index in [2.05, 4.69) is 12.2 Å². The molecule has 3 aliphatic heterocycles. The normalized spacial score (nSPS) is 41.4. The molecule has 0 aromatic rings. The molecule has 0 saturated carbocycles. The molecular weight excluding hydrogens is 274 g/mol. The van der Waals surface area contributed by atoms with E-state index in [1.54, 1.807) is 0 Å². The third kappa shape index (κ3) is 2.78. The molecule has 2 bridgehead atoms. The molecule has 3 heterocycles. The van der Waals surface area contributed by atoms with Crippen LogP contribution < -0.4 is 17.0 Å². The predicted molar refractivity (Wildman–Crippen MR) is 68.2 cm³/mol. The summed E-state index contributed by atoms with van der Waals surface area (Å²) in [4.78, 5) is 0. The van der Waals surface area contributed by atoms with Crippen LogP contribution in [0.2, 0.25) is 0 Å². The minimum atomic E-state index is 0. The van der Waals surface area contributed by atoms with Gasteiger partial charge in [0.2, 0.25) is 0 Å². The second kappa shape index (κ2) is 5.88. The molecule has 1 nitrogen and oxygen atoms in total. The van der Waals surface area contributed by atoms with Crippen LogP contribution in [0.1, 0.15) is 51.4 Å². The molecule has 1 unspecified atom stereocenters. The fourth-order valence-corrected chi connectivity index (χ4v) is 4.32. The Labute approximate surface area is 117 Å². The number of rotatable bonds is 1. The van der Waals surface area contributed by atoms with E-state index in [-0.39, 0.29) is 17.0 Å². The SMILES string of the molecule is C1=CCCC([N+]23CCC(CC2)CC3)CCC1.[Br-]. The number of halogens is 1. The molecule has 98 valence electrons. The molecule has 2 heteroatoms. The van der Waals surface area contributed by atoms with Crippen molar-refractivity contribution >= 4 is 0 Å². The van der Waals surface area contributed by atoms with Crippen LogP contribution >= 0.6 is 0 Å². The molecule has 3 saturated heterocycles. The molecular formula is C15H26BrN. The zero-order chi connectivity index (χ0) is 10.8. The summed E-state index contributed by atoms with van der Waals surface area (Å²) in [6.07, 6.45) is 16.5. The summed E-state index contributed by atoms with van der Waals surface area (Å²) in [5.74, 6) is 1.11. The lowest BCUT2D eigenvalue weighted by molar-refractivity contribution is -0.965. The summed E-state index contributed by atoms with van der Waals surface area (Å²) < 4.78 is 1.52. The number of hydrogen-bond acceptors (Lipinski definition) is 0. The van der Waals surface area contributed by atoms with Crippen LogP contribution in [0.25, 0.3) is 0 Å². The number of fused-ring (bicyclic) bond motifs is 3. The Morgan fingerprint density at radius 3 is 2.12 bits per heavy atom. The number of hydrogen-bond donors (Lipinski definition) is 0. The van der Waals surface area contributed by atoms with Gasteiger partial charge in [-0.05, 0) is 50.9 Å². The molecule has 1 aliphatic carbocycles. The number of nitrogens with zero attached hydrogens (tertiary/aromatic N) is 1. The van der Waals surface area contributed by atoms with Crippen molar-refractivity contribution in [1.82, 2.24) is 0 Å². The van der Waals surface area contributed by atoms with E-state index in [1.165, 1.54) is 75.5 Å². The summed E-state index contributed by atoms with van der Waals surface area (Å²) in [6, 6.07) is 1.01. The van der Waals surface area contributed by atoms with Crippen molar-refractivity contribution in [1.29, 1.82) is 0 Å². The highest BCUT2D eigenvalue weighted by atomic mass is 79.9. The third-order valence-electron chi connectivity index (χ3n) is 5.46. The average Bonchev–Trinajstić information content (AvgIpc) is 2.30. The van der Waals surface area contributed by atoms with Crippen LogP contribution in [-0.4, -0.2) is 30.2 Å². The fraction of sp³-hybridized carbons (Fsp3) is 0.867. The highest BCUT2D eigenvalue weighted by Crippen LogP contribution is 2.38. The molecule has 0 aromatic carbocycles. The molecule has 0 aromatic heterocycles. The number of allylic oxidation sites excluding steroid dienone is 2. The molecule has 1 atom stereocenters. The maximum Gasteiger partial charge on any atom is 0.0893 e. The third-order valence-corrected chi connectivity index (χ3v) is 5.46. The summed E-state index contributed by atoms with van der Waals surface area (Å²) in [6.45, 7) is 4.54. The van der Waals surface area contributed by atoms with Gasteiger partial charge in [0.05, 0.1) is 25.7 Å². The van der Waals surface area contributed by atoms with Crippen LogP contribution in [0.5, 0.6) is 0 Å². The van der Waals surface area contributed by atoms with Gasteiger partial charge in [-0.3, -0.25) is 0 Å². The van der Waals surface area contributed by atoms with Gasteiger partial charge in [0.25, 0.3) is 0 Å². The quantitative estimate of drug-likeness (QED) is 0.489. The van der Waals surface area contributed by atoms with Crippen LogP contribution in [-0.2, 0) is 0 Å². The minimum absolute atomic E-state index is 0. The number of quaternary nitrogens is 1. The zero-order valence-corrected chi connectivity index (χ0v) is 12.5. The second-order valence-electron chi connectivity index (χ2n) is 6.25. The van der Waals surface area contributed by atoms with Gasteiger partial charge in [0, 0.05) is 6.42 Å². The first kappa shape index (κ1) is 13.6. The largest absolute Gasteiger partial charge is 1.00 e. The summed E-state index contributed by atoms with van der Waals surface area (Å²) in [5.41, 5.74) is 0. The Kier molecular flexibility index (Phi) is 4.71. The van der Waals surface area contributed by atoms with E-state index in [0.717, 1.165) is 12.0 Å². The van der Waals surface area contributed by atoms with Crippen molar-refractivity contribution in [2.75, 3.05) is 19.6 Å². The van der Waals surface area contributed by atoms with Crippen LogP contribution in [0, 0.1) is 5.92 Å². The highest BCUT2D eigenvalue weighted by molar-refractivity contribution is 4.86. The topological polar surface area (TPSA) is 0 Å². The van der Waals surface area contributed by atoms with Crippen molar-refractivity contribution in [3.63, 3.8) is 0 Å². The minimum Gasteiger partial charge on any atom is -1.00 e. The van der Waals surface area contributed by atoms with Crippen LogP contribution in [0.3, 0.4) is 0 Å². The van der Waals surface area contributed by atoms with E-state index in [4.69, 9.17) is 0 Å². The molecule has 3 fully saturated rings. The van der Waals surface area contributed by atoms with Gasteiger partial charge in [0.1, 0.15) is 0 Å². The predicted octanol–water partition coefficient (Wildman–Crippen LogP) is 0.510. The molecule has 0 spiro atoms. The average molecular weight is 300 g/mol. The van der Waals surface area contributed by atoms with Gasteiger partial charge in [-0.2, -0.15) is 0 Å². The summed E-state index contributed by atoms with van der Waals surface area (Å²) >= 11 is 0. The van der Waals surface area contributed by atoms with Gasteiger partial charge >= 0.3 is 0 Å². The van der Waals surface area contributed by atoms with E-state index in [1.807, 2.05) is 0 Å². The standard InChI is InChI=1S/C15H26N.BrH/c1-2-4-6-15(7-5-3-1)16-11-8-14(9-12-16)10-13-16;/h1-2,14-15H,3-13H2;1H/q+1;/p-1. The lowest BCUT2D eigenvalue weighted by atomic mass is 9.82. The summed E-state index contributed by atoms with van der Waals surface area (Å²) in [5, 5.41) is 0. The number of piperidine rings is 3. The van der Waals surface area contributed by atoms with Crippen LogP contribution in [0.15, 0.2) is 12.2 Å². The fourth-order valence-electron chi connectivity index (χ4n) is 4.32. The van der Waals surface area contributed by atoms with Crippen LogP contribution in [0.4, 0.5) is 0 Å². The van der Waals surface area contributed by atoms with Gasteiger partial charge in [-0.15, -0.1) is 0 Å². The zero-order valence-electron chi connectivity index (χ0n) is 10.9. The first-order valence-corrected chi connectivity index (χ1v) is 7.40. The van der Waals surface area contributed by atoms with Crippen molar-refractivity contribution < 1.29 is 21.5 Å². The monoisotopic (exact) mass is 299 g/mol. The second-order valence-corrected chi connectivity index (χ2v) is 6.25. The van der Waals surface area contributed by atoms with E-state index in [9.17, 15) is 0 Å². The van der Waals surface area contributed by atoms with Crippen molar-refractivity contribution in [3.05, 3.63) is 12.2 Å². The van der Waals surface area contributed by atoms with Crippen molar-refractivity contribution in [2.24, 2.45) is 5.92 Å². The van der Waals surface area contributed by atoms with Gasteiger partial charge < -0.3 is 21.5 Å². The van der Waals surface area contributed by atoms with E-state index in [0.29, 0.717) is 0 Å². The Morgan fingerprint density at radius 2 is 1.41 bits per heavy atom. The molecule has 17 heavy (non-hydrogen) atoms. The Morgan fingerprint density at radius 1 is 0.765 bits per heavy atom. The Bertz CT molecular complexity index is 252. The van der Waals surface area contributed by atoms with Gasteiger partial charge in [-0.25, -0.2) is 0 Å². The van der Waals surface area contributed by atoms with Crippen molar-refractivity contribution in [2.45, 2.75) is 57.4 Å². The summed E-state index contributed by atoms with van der Waals surface area (Å²) in [7, 11) is 0. The van der Waals surface area contributed by atoms with Gasteiger partial charge in [0.15, 0.2) is 0 Å². The smallest absolute Gasteiger partial charge is 0.0893 e. The molecule has 4 aliphatic rings. The Balaban J connectivity index is 0.00000108. The first-order chi connectivity index (χ1) is 7.89. The van der Waals surface area contributed by atoms with Gasteiger partial charge in [-0.1, -0.05) is 12.2 Å². The maximum absolute atomic E-state index is 2.43. The first-order valence-electron chi connectivity index (χ1n) is 7.40. The molecule has 0 radical (unpaired) electrons. The lowest BCUT2D eigenvalue weighted by Crippen LogP contribution is -3.00. The highest BCUT2D eigenvalue weighted by Gasteiger charge is 2.44. The molecule has 4 rings (SSSR count).